The van der Waals surface area contributed by atoms with Gasteiger partial charge in [0.2, 0.25) is 0 Å². The smallest absolute Gasteiger partial charge is 0.354 e. The van der Waals surface area contributed by atoms with Crippen molar-refractivity contribution in [1.82, 2.24) is 19.4 Å². The van der Waals surface area contributed by atoms with Crippen molar-refractivity contribution in [2.75, 3.05) is 19.7 Å². The van der Waals surface area contributed by atoms with Crippen LogP contribution >= 0.6 is 11.6 Å². The molecule has 0 amide bonds. The van der Waals surface area contributed by atoms with Crippen molar-refractivity contribution >= 4 is 29.1 Å². The number of likely N-dealkylation sites (tertiary alicyclic amines) is 1. The van der Waals surface area contributed by atoms with Crippen LogP contribution < -0.4 is 4.74 Å². The highest BCUT2D eigenvalue weighted by atomic mass is 35.5. The zero-order valence-electron chi connectivity index (χ0n) is 23.2. The molecule has 3 aromatic rings. The number of carboxylic acid groups (broad SMARTS) is 1. The number of hydrogen-bond acceptors (Lipinski definition) is 7. The van der Waals surface area contributed by atoms with Crippen LogP contribution in [-0.4, -0.2) is 68.1 Å². The van der Waals surface area contributed by atoms with Crippen LogP contribution in [0.5, 0.6) is 5.88 Å². The fraction of sp³-hybridized carbons (Fsp3) is 0.400. The maximum atomic E-state index is 14.6. The van der Waals surface area contributed by atoms with E-state index < -0.39 is 17.6 Å². The lowest BCUT2D eigenvalue weighted by Gasteiger charge is -2.32. The van der Waals surface area contributed by atoms with E-state index in [1.165, 1.54) is 24.3 Å². The number of carboxylic acids is 1. The lowest BCUT2D eigenvalue weighted by molar-refractivity contribution is -0.129. The SMILES string of the molecule is C=CC(=Nc1c(C)nc(CN2CCC(Oc3nc(Cc4ccc(Cl)cc4F)ccc3F)CC2)n1C[C@@H]1CCO1)C(=O)O. The summed E-state index contributed by atoms with van der Waals surface area (Å²) in [6.45, 7) is 8.48. The molecule has 2 aromatic heterocycles. The third-order valence-corrected chi connectivity index (χ3v) is 7.68. The van der Waals surface area contributed by atoms with E-state index in [0.29, 0.717) is 73.4 Å². The number of rotatable bonds is 11. The fourth-order valence-electron chi connectivity index (χ4n) is 5.05. The summed E-state index contributed by atoms with van der Waals surface area (Å²) in [5.41, 5.74) is 1.38. The average Bonchev–Trinajstić information content (AvgIpc) is 3.22. The van der Waals surface area contributed by atoms with E-state index in [-0.39, 0.29) is 30.2 Å². The van der Waals surface area contributed by atoms with Crippen molar-refractivity contribution in [1.29, 1.82) is 0 Å². The number of carbonyl (C=O) groups is 1. The van der Waals surface area contributed by atoms with Crippen molar-refractivity contribution in [2.45, 2.75) is 57.9 Å². The maximum Gasteiger partial charge on any atom is 0.354 e. The van der Waals surface area contributed by atoms with E-state index in [2.05, 4.69) is 21.5 Å². The number of pyridine rings is 1. The summed E-state index contributed by atoms with van der Waals surface area (Å²) >= 11 is 5.84. The van der Waals surface area contributed by atoms with Crippen molar-refractivity contribution < 1.29 is 28.2 Å². The lowest BCUT2D eigenvalue weighted by Crippen LogP contribution is -2.39. The Morgan fingerprint density at radius 2 is 1.98 bits per heavy atom. The van der Waals surface area contributed by atoms with Gasteiger partial charge in [-0.25, -0.2) is 28.5 Å². The maximum absolute atomic E-state index is 14.6. The van der Waals surface area contributed by atoms with Gasteiger partial charge in [0.1, 0.15) is 23.5 Å². The molecule has 1 atom stereocenters. The van der Waals surface area contributed by atoms with Gasteiger partial charge in [-0.1, -0.05) is 24.2 Å². The topological polar surface area (TPSA) is 102 Å². The zero-order chi connectivity index (χ0) is 29.8. The van der Waals surface area contributed by atoms with E-state index in [0.717, 1.165) is 12.2 Å². The Morgan fingerprint density at radius 3 is 2.62 bits per heavy atom. The second-order valence-electron chi connectivity index (χ2n) is 10.4. The Hall–Kier alpha value is -3.67. The van der Waals surface area contributed by atoms with E-state index in [9.17, 15) is 18.7 Å². The Labute approximate surface area is 247 Å². The molecule has 222 valence electrons. The molecule has 2 fully saturated rings. The highest BCUT2D eigenvalue weighted by Crippen LogP contribution is 2.28. The van der Waals surface area contributed by atoms with E-state index in [4.69, 9.17) is 26.1 Å². The van der Waals surface area contributed by atoms with E-state index in [1.807, 2.05) is 4.57 Å². The number of ether oxygens (including phenoxy) is 2. The fourth-order valence-corrected chi connectivity index (χ4v) is 5.21. The molecule has 0 saturated carbocycles. The molecular formula is C30H32ClF2N5O4. The van der Waals surface area contributed by atoms with Crippen molar-refractivity contribution in [2.24, 2.45) is 4.99 Å². The van der Waals surface area contributed by atoms with Gasteiger partial charge in [-0.05, 0) is 62.1 Å². The Bertz CT molecular complexity index is 1500. The van der Waals surface area contributed by atoms with Crippen LogP contribution in [0.4, 0.5) is 14.6 Å². The molecule has 2 aliphatic rings. The number of benzene rings is 1. The van der Waals surface area contributed by atoms with Crippen LogP contribution in [0.25, 0.3) is 0 Å². The minimum Gasteiger partial charge on any atom is -0.477 e. The summed E-state index contributed by atoms with van der Waals surface area (Å²) in [7, 11) is 0. The number of piperidine rings is 1. The molecule has 12 heteroatoms. The van der Waals surface area contributed by atoms with Gasteiger partial charge in [-0.2, -0.15) is 0 Å². The van der Waals surface area contributed by atoms with Crippen LogP contribution in [0.2, 0.25) is 5.02 Å². The number of aliphatic imine (C=N–C) groups is 1. The zero-order valence-corrected chi connectivity index (χ0v) is 24.0. The number of imidazole rings is 1. The molecule has 4 heterocycles. The van der Waals surface area contributed by atoms with Gasteiger partial charge < -0.3 is 19.1 Å². The lowest BCUT2D eigenvalue weighted by atomic mass is 10.1. The summed E-state index contributed by atoms with van der Waals surface area (Å²) in [6.07, 6.45) is 3.39. The van der Waals surface area contributed by atoms with Gasteiger partial charge in [0.25, 0.3) is 5.88 Å². The third kappa shape index (κ3) is 7.03. The Balaban J connectivity index is 1.24. The van der Waals surface area contributed by atoms with Gasteiger partial charge in [0.05, 0.1) is 24.9 Å². The summed E-state index contributed by atoms with van der Waals surface area (Å²) in [5, 5.41) is 9.75. The molecule has 0 bridgehead atoms. The molecule has 5 rings (SSSR count). The largest absolute Gasteiger partial charge is 0.477 e. The Kier molecular flexibility index (Phi) is 9.30. The molecule has 2 aliphatic heterocycles. The standard InChI is InChI=1S/C30H32ClF2N5O4/c1-3-26(30(39)40)36-28-18(2)34-27(38(28)16-23-10-13-41-23)17-37-11-8-22(9-12-37)42-29-24(32)7-6-21(35-29)14-19-4-5-20(31)15-25(19)33/h3-7,15,22-23H,1,8-14,16-17H2,2H3,(H,39,40)/t23-/m0/s1. The van der Waals surface area contributed by atoms with Gasteiger partial charge in [0.15, 0.2) is 11.6 Å². The van der Waals surface area contributed by atoms with Crippen molar-refractivity contribution in [3.05, 3.63) is 82.4 Å². The van der Waals surface area contributed by atoms with Gasteiger partial charge in [0, 0.05) is 36.8 Å². The second-order valence-corrected chi connectivity index (χ2v) is 10.9. The molecule has 2 saturated heterocycles. The van der Waals surface area contributed by atoms with Crippen molar-refractivity contribution in [3.8, 4) is 5.88 Å². The quantitative estimate of drug-likeness (QED) is 0.299. The highest BCUT2D eigenvalue weighted by Gasteiger charge is 2.27. The average molecular weight is 600 g/mol. The third-order valence-electron chi connectivity index (χ3n) is 7.44. The minimum absolute atomic E-state index is 0.0248. The normalized spacial score (nSPS) is 18.1. The Morgan fingerprint density at radius 1 is 1.21 bits per heavy atom. The van der Waals surface area contributed by atoms with Gasteiger partial charge in [-0.15, -0.1) is 0 Å². The van der Waals surface area contributed by atoms with Gasteiger partial charge >= 0.3 is 5.97 Å². The monoisotopic (exact) mass is 599 g/mol. The van der Waals surface area contributed by atoms with E-state index in [1.54, 1.807) is 19.1 Å². The van der Waals surface area contributed by atoms with Crippen molar-refractivity contribution in [3.63, 3.8) is 0 Å². The van der Waals surface area contributed by atoms with Crippen LogP contribution in [0.3, 0.4) is 0 Å². The van der Waals surface area contributed by atoms with Crippen LogP contribution in [-0.2, 0) is 29.0 Å². The second kappa shape index (κ2) is 13.1. The molecule has 0 unspecified atom stereocenters. The molecule has 0 radical (unpaired) electrons. The molecule has 9 nitrogen and oxygen atoms in total. The first-order valence-electron chi connectivity index (χ1n) is 13.8. The first kappa shape index (κ1) is 29.8. The number of halogens is 3. The number of aromatic nitrogens is 3. The molecule has 1 N–H and O–H groups in total. The first-order chi connectivity index (χ1) is 20.2. The molecule has 42 heavy (non-hydrogen) atoms. The van der Waals surface area contributed by atoms with Crippen LogP contribution in [0.1, 0.15) is 42.0 Å². The van der Waals surface area contributed by atoms with Crippen LogP contribution in [0, 0.1) is 18.6 Å². The number of aryl methyl sites for hydroxylation is 1. The van der Waals surface area contributed by atoms with Gasteiger partial charge in [-0.3, -0.25) is 4.90 Å². The molecule has 0 aliphatic carbocycles. The predicted molar refractivity (Wildman–Crippen MR) is 154 cm³/mol. The first-order valence-corrected chi connectivity index (χ1v) is 14.2. The number of nitrogens with zero attached hydrogens (tertiary/aromatic N) is 5. The van der Waals surface area contributed by atoms with E-state index >= 15 is 0 Å². The molecule has 0 spiro atoms. The summed E-state index contributed by atoms with van der Waals surface area (Å²) in [4.78, 5) is 27.2. The molecular weight excluding hydrogens is 568 g/mol. The minimum atomic E-state index is -1.16. The predicted octanol–water partition coefficient (Wildman–Crippen LogP) is 5.28. The number of hydrogen-bond donors (Lipinski definition) is 1. The number of aliphatic carboxylic acids is 1. The molecule has 1 aromatic carbocycles. The summed E-state index contributed by atoms with van der Waals surface area (Å²) < 4.78 is 42.4. The summed E-state index contributed by atoms with van der Waals surface area (Å²) in [5.74, 6) is -1.01. The van der Waals surface area contributed by atoms with Crippen LogP contribution in [0.15, 0.2) is 48.0 Å². The highest BCUT2D eigenvalue weighted by molar-refractivity contribution is 6.40. The summed E-state index contributed by atoms with van der Waals surface area (Å²) in [6, 6.07) is 7.24.